The van der Waals surface area contributed by atoms with Gasteiger partial charge in [-0.15, -0.1) is 0 Å². The molecule has 0 unspecified atom stereocenters. The van der Waals surface area contributed by atoms with Gasteiger partial charge < -0.3 is 15.2 Å². The predicted molar refractivity (Wildman–Crippen MR) is 109 cm³/mol. The second-order valence-corrected chi connectivity index (χ2v) is 8.51. The van der Waals surface area contributed by atoms with Crippen LogP contribution in [0.1, 0.15) is 55.7 Å². The topological polar surface area (TPSA) is 58.6 Å². The van der Waals surface area contributed by atoms with E-state index in [4.69, 9.17) is 4.74 Å². The molecule has 0 heterocycles. The molecule has 1 fully saturated rings. The molecule has 2 aliphatic carbocycles. The van der Waals surface area contributed by atoms with E-state index in [-0.39, 0.29) is 24.2 Å². The number of phenolic OH excluding ortho intramolecular Hbond substituents is 1. The maximum atomic E-state index is 12.7. The lowest BCUT2D eigenvalue weighted by Crippen LogP contribution is -2.56. The van der Waals surface area contributed by atoms with Gasteiger partial charge in [-0.05, 0) is 54.0 Å². The Bertz CT molecular complexity index is 835. The van der Waals surface area contributed by atoms with Gasteiger partial charge >= 0.3 is 6.09 Å². The van der Waals surface area contributed by atoms with Crippen LogP contribution in [0.3, 0.4) is 0 Å². The van der Waals surface area contributed by atoms with Gasteiger partial charge in [0.05, 0.1) is 0 Å². The lowest BCUT2D eigenvalue weighted by atomic mass is 9.59. The summed E-state index contributed by atoms with van der Waals surface area (Å²) in [6.07, 6.45) is 6.26. The van der Waals surface area contributed by atoms with Crippen LogP contribution in [0.15, 0.2) is 48.5 Å². The number of carbonyl (C=O) groups is 1. The van der Waals surface area contributed by atoms with Gasteiger partial charge in [0.1, 0.15) is 12.4 Å². The van der Waals surface area contributed by atoms with Gasteiger partial charge in [-0.3, -0.25) is 0 Å². The quantitative estimate of drug-likeness (QED) is 0.782. The van der Waals surface area contributed by atoms with Gasteiger partial charge in [-0.2, -0.15) is 0 Å². The number of phenols is 1. The highest BCUT2D eigenvalue weighted by Crippen LogP contribution is 2.47. The summed E-state index contributed by atoms with van der Waals surface area (Å²) < 4.78 is 5.53. The number of carbonyl (C=O) groups excluding carboxylic acids is 1. The van der Waals surface area contributed by atoms with Gasteiger partial charge in [-0.25, -0.2) is 4.79 Å². The van der Waals surface area contributed by atoms with E-state index in [9.17, 15) is 9.90 Å². The van der Waals surface area contributed by atoms with Crippen LogP contribution < -0.4 is 5.32 Å². The normalized spacial score (nSPS) is 26.5. The first-order valence-corrected chi connectivity index (χ1v) is 10.4. The van der Waals surface area contributed by atoms with Crippen molar-refractivity contribution < 1.29 is 14.6 Å². The van der Waals surface area contributed by atoms with Crippen LogP contribution in [0.4, 0.5) is 4.79 Å². The van der Waals surface area contributed by atoms with Crippen LogP contribution in [0.2, 0.25) is 0 Å². The predicted octanol–water partition coefficient (Wildman–Crippen LogP) is 5.08. The molecule has 2 aliphatic rings. The molecule has 2 aromatic carbocycles. The first-order chi connectivity index (χ1) is 13.6. The van der Waals surface area contributed by atoms with Crippen molar-refractivity contribution in [3.63, 3.8) is 0 Å². The van der Waals surface area contributed by atoms with Crippen molar-refractivity contribution in [2.24, 2.45) is 5.92 Å². The Kier molecular flexibility index (Phi) is 5.29. The van der Waals surface area contributed by atoms with E-state index >= 15 is 0 Å². The highest BCUT2D eigenvalue weighted by Gasteiger charge is 2.46. The number of hydrogen-bond acceptors (Lipinski definition) is 3. The molecular formula is C24H29NO3. The third-order valence-electron chi connectivity index (χ3n) is 6.61. The van der Waals surface area contributed by atoms with Crippen LogP contribution in [0, 0.1) is 5.92 Å². The summed E-state index contributed by atoms with van der Waals surface area (Å²) in [6, 6.07) is 15.5. The molecule has 1 saturated carbocycles. The summed E-state index contributed by atoms with van der Waals surface area (Å²) in [4.78, 5) is 12.7. The van der Waals surface area contributed by atoms with Crippen LogP contribution in [0.25, 0.3) is 0 Å². The molecule has 4 nitrogen and oxygen atoms in total. The molecule has 2 aromatic rings. The fourth-order valence-electron chi connectivity index (χ4n) is 5.17. The zero-order valence-corrected chi connectivity index (χ0v) is 16.5. The molecule has 2 N–H and O–H groups in total. The minimum absolute atomic E-state index is 0.0189. The Morgan fingerprint density at radius 3 is 2.82 bits per heavy atom. The average molecular weight is 380 g/mol. The van der Waals surface area contributed by atoms with Crippen molar-refractivity contribution in [1.82, 2.24) is 5.32 Å². The number of aromatic hydroxyl groups is 1. The largest absolute Gasteiger partial charge is 0.508 e. The van der Waals surface area contributed by atoms with Gasteiger partial charge in [0.15, 0.2) is 0 Å². The van der Waals surface area contributed by atoms with Crippen molar-refractivity contribution in [2.75, 3.05) is 0 Å². The highest BCUT2D eigenvalue weighted by molar-refractivity contribution is 5.68. The average Bonchev–Trinajstić information content (AvgIpc) is 2.70. The van der Waals surface area contributed by atoms with Crippen LogP contribution >= 0.6 is 0 Å². The molecule has 0 saturated heterocycles. The number of benzene rings is 2. The number of ether oxygens (including phenoxy) is 1. The Labute approximate surface area is 166 Å². The molecule has 0 radical (unpaired) electrons. The van der Waals surface area contributed by atoms with E-state index in [2.05, 4.69) is 18.3 Å². The second kappa shape index (κ2) is 7.86. The van der Waals surface area contributed by atoms with Crippen molar-refractivity contribution in [2.45, 2.75) is 63.5 Å². The first-order valence-electron chi connectivity index (χ1n) is 10.4. The molecule has 0 aromatic heterocycles. The summed E-state index contributed by atoms with van der Waals surface area (Å²) in [5.74, 6) is 0.692. The van der Waals surface area contributed by atoms with Gasteiger partial charge in [0.2, 0.25) is 0 Å². The molecule has 148 valence electrons. The standard InChI is InChI=1S/C24H29NO3/c1-24-13-7-3-6-10-19(14-18-11-12-20(26)15-21(18)24)22(24)25-23(27)28-16-17-8-4-2-5-9-17/h2,4-5,8-9,11-12,15,19,22,26H,3,6-7,10,13-14,16H2,1H3,(H,25,27)/t19-,22-,24+/m0/s1. The number of nitrogens with one attached hydrogen (secondary N) is 1. The number of hydrogen-bond donors (Lipinski definition) is 2. The lowest BCUT2D eigenvalue weighted by Gasteiger charge is -2.49. The smallest absolute Gasteiger partial charge is 0.407 e. The van der Waals surface area contributed by atoms with E-state index in [1.165, 1.54) is 24.0 Å². The summed E-state index contributed by atoms with van der Waals surface area (Å²) in [5.41, 5.74) is 3.28. The third-order valence-corrected chi connectivity index (χ3v) is 6.61. The minimum Gasteiger partial charge on any atom is -0.508 e. The van der Waals surface area contributed by atoms with Gasteiger partial charge in [-0.1, -0.05) is 62.6 Å². The van der Waals surface area contributed by atoms with E-state index in [1.807, 2.05) is 36.4 Å². The zero-order chi connectivity index (χ0) is 19.6. The molecule has 28 heavy (non-hydrogen) atoms. The maximum Gasteiger partial charge on any atom is 0.407 e. The SMILES string of the molecule is C[C@@]12CCCCC[C@@H](Cc3ccc(O)cc31)[C@@H]2NC(=O)OCc1ccccc1. The Morgan fingerprint density at radius 2 is 2.00 bits per heavy atom. The van der Waals surface area contributed by atoms with Gasteiger partial charge in [0.25, 0.3) is 0 Å². The number of rotatable bonds is 3. The number of fused-ring (bicyclic) bond motifs is 4. The van der Waals surface area contributed by atoms with Crippen molar-refractivity contribution >= 4 is 6.09 Å². The van der Waals surface area contributed by atoms with E-state index in [0.717, 1.165) is 31.2 Å². The van der Waals surface area contributed by atoms with E-state index in [1.54, 1.807) is 6.07 Å². The lowest BCUT2D eigenvalue weighted by molar-refractivity contribution is 0.110. The summed E-state index contributed by atoms with van der Waals surface area (Å²) in [6.45, 7) is 2.52. The number of alkyl carbamates (subject to hydrolysis) is 1. The van der Waals surface area contributed by atoms with Crippen LogP contribution in [-0.4, -0.2) is 17.2 Å². The van der Waals surface area contributed by atoms with E-state index in [0.29, 0.717) is 11.7 Å². The minimum atomic E-state index is -0.353. The molecule has 2 bridgehead atoms. The molecular weight excluding hydrogens is 350 g/mol. The van der Waals surface area contributed by atoms with Crippen LogP contribution in [0.5, 0.6) is 5.75 Å². The summed E-state index contributed by atoms with van der Waals surface area (Å²) in [5, 5.41) is 13.3. The van der Waals surface area contributed by atoms with Crippen molar-refractivity contribution in [3.8, 4) is 5.75 Å². The van der Waals surface area contributed by atoms with Crippen molar-refractivity contribution in [3.05, 3.63) is 65.2 Å². The van der Waals surface area contributed by atoms with E-state index < -0.39 is 0 Å². The molecule has 4 rings (SSSR count). The third kappa shape index (κ3) is 3.73. The Hall–Kier alpha value is -2.49. The van der Waals surface area contributed by atoms with Crippen LogP contribution in [-0.2, 0) is 23.2 Å². The van der Waals surface area contributed by atoms with Crippen molar-refractivity contribution in [1.29, 1.82) is 0 Å². The highest BCUT2D eigenvalue weighted by atomic mass is 16.5. The monoisotopic (exact) mass is 379 g/mol. The van der Waals surface area contributed by atoms with Gasteiger partial charge in [0, 0.05) is 11.5 Å². The molecule has 4 heteroatoms. The summed E-state index contributed by atoms with van der Waals surface area (Å²) >= 11 is 0. The molecule has 3 atom stereocenters. The summed E-state index contributed by atoms with van der Waals surface area (Å²) in [7, 11) is 0. The number of amides is 1. The Balaban J connectivity index is 1.56. The first kappa shape index (κ1) is 18.9. The second-order valence-electron chi connectivity index (χ2n) is 8.51. The molecule has 0 aliphatic heterocycles. The zero-order valence-electron chi connectivity index (χ0n) is 16.5. The molecule has 0 spiro atoms. The maximum absolute atomic E-state index is 12.7. The molecule has 1 amide bonds. The fraction of sp³-hybridized carbons (Fsp3) is 0.458. The Morgan fingerprint density at radius 1 is 1.18 bits per heavy atom. The fourth-order valence-corrected chi connectivity index (χ4v) is 5.17.